The van der Waals surface area contributed by atoms with Crippen LogP contribution in [0.2, 0.25) is 0 Å². The number of likely N-dealkylation sites (N-methyl/N-ethyl adjacent to an activating group) is 1. The molecule has 0 aromatic carbocycles. The second-order valence-corrected chi connectivity index (χ2v) is 9.18. The van der Waals surface area contributed by atoms with Gasteiger partial charge in [-0.05, 0) is 20.3 Å². The minimum Gasteiger partial charge on any atom is -0.476 e. The Kier molecular flexibility index (Phi) is 9.71. The molecule has 10 heteroatoms. The van der Waals surface area contributed by atoms with Crippen molar-refractivity contribution in [3.8, 4) is 0 Å². The van der Waals surface area contributed by atoms with Crippen molar-refractivity contribution < 1.29 is 36.7 Å². The largest absolute Gasteiger partial charge is 0.476 e. The smallest absolute Gasteiger partial charge is 0.384 e. The number of hydrogen-bond acceptors (Lipinski definition) is 4. The molecule has 0 fully saturated rings. The first-order valence-corrected chi connectivity index (χ1v) is 9.66. The van der Waals surface area contributed by atoms with E-state index in [9.17, 15) is 18.0 Å². The van der Waals surface area contributed by atoms with Gasteiger partial charge in [0.1, 0.15) is 0 Å². The van der Waals surface area contributed by atoms with Crippen LogP contribution in [0.1, 0.15) is 33.6 Å². The van der Waals surface area contributed by atoms with Crippen molar-refractivity contribution in [1.82, 2.24) is 5.43 Å². The molecular weight excluding hydrogens is 362 g/mol. The third-order valence-electron chi connectivity index (χ3n) is 4.02. The first kappa shape index (κ1) is 26.7. The molecule has 0 bridgehead atoms. The summed E-state index contributed by atoms with van der Waals surface area (Å²) in [6.07, 6.45) is 0.215. The highest BCUT2D eigenvalue weighted by molar-refractivity contribution is 7.87. The Morgan fingerprint density at radius 2 is 1.54 bits per heavy atom. The maximum absolute atomic E-state index is 11.3. The molecule has 9 nitrogen and oxygen atoms in total. The van der Waals surface area contributed by atoms with Crippen molar-refractivity contribution in [2.45, 2.75) is 38.5 Å². The molecule has 0 rings (SSSR count). The lowest BCUT2D eigenvalue weighted by molar-refractivity contribution is -0.923. The Balaban J connectivity index is 0. The van der Waals surface area contributed by atoms with Crippen LogP contribution in [0.5, 0.6) is 0 Å². The van der Waals surface area contributed by atoms with Crippen LogP contribution >= 0.6 is 0 Å². The van der Waals surface area contributed by atoms with Crippen molar-refractivity contribution >= 4 is 22.0 Å². The molecule has 0 radical (unpaired) electrons. The number of aliphatic carboxylic acids is 1. The summed E-state index contributed by atoms with van der Waals surface area (Å²) >= 11 is 0. The molecule has 0 aliphatic heterocycles. The van der Waals surface area contributed by atoms with Crippen LogP contribution in [0, 0.1) is 0 Å². The maximum atomic E-state index is 11.3. The average Bonchev–Trinajstić information content (AvgIpc) is 2.41. The van der Waals surface area contributed by atoms with Gasteiger partial charge in [-0.2, -0.15) is 13.8 Å². The molecule has 3 N–H and O–H groups in total. The highest BCUT2D eigenvalue weighted by Gasteiger charge is 2.61. The molecule has 1 atom stereocenters. The van der Waals surface area contributed by atoms with Gasteiger partial charge >= 0.3 is 21.0 Å². The zero-order valence-corrected chi connectivity index (χ0v) is 18.0. The number of carbonyl (C=O) groups is 2. The van der Waals surface area contributed by atoms with Crippen molar-refractivity contribution in [2.75, 3.05) is 41.8 Å². The van der Waals surface area contributed by atoms with Gasteiger partial charge in [0.05, 0.1) is 41.8 Å². The molecule has 0 aliphatic carbocycles. The summed E-state index contributed by atoms with van der Waals surface area (Å²) < 4.78 is 31.8. The van der Waals surface area contributed by atoms with Crippen LogP contribution in [0.15, 0.2) is 12.2 Å². The first-order chi connectivity index (χ1) is 11.4. The zero-order valence-electron chi connectivity index (χ0n) is 17.2. The number of carbonyl (C=O) groups excluding carboxylic acids is 1. The van der Waals surface area contributed by atoms with E-state index in [1.165, 1.54) is 21.1 Å². The number of quaternary nitrogens is 2. The fourth-order valence-electron chi connectivity index (χ4n) is 2.10. The predicted molar refractivity (Wildman–Crippen MR) is 100 cm³/mol. The van der Waals surface area contributed by atoms with Gasteiger partial charge in [0.2, 0.25) is 0 Å². The first-order valence-electron chi connectivity index (χ1n) is 8.22. The molecule has 0 aliphatic rings. The Bertz CT molecular complexity index is 622. The second-order valence-electron chi connectivity index (χ2n) is 7.55. The third kappa shape index (κ3) is 7.02. The minimum absolute atomic E-state index is 0.0862. The van der Waals surface area contributed by atoms with Gasteiger partial charge < -0.3 is 9.59 Å². The topological polar surface area (TPSA) is 121 Å². The van der Waals surface area contributed by atoms with Gasteiger partial charge in [-0.15, -0.1) is 0 Å². The van der Waals surface area contributed by atoms with E-state index in [1.807, 2.05) is 21.0 Å². The molecule has 26 heavy (non-hydrogen) atoms. The summed E-state index contributed by atoms with van der Waals surface area (Å²) in [5.74, 6) is -1.61. The van der Waals surface area contributed by atoms with Crippen LogP contribution in [0.3, 0.4) is 0 Å². The van der Waals surface area contributed by atoms with Crippen molar-refractivity contribution in [3.63, 3.8) is 0 Å². The third-order valence-corrected chi connectivity index (χ3v) is 5.80. The Labute approximate surface area is 157 Å². The summed E-state index contributed by atoms with van der Waals surface area (Å²) in [5, 5.41) is 9.07. The number of carboxylic acids is 1. The van der Waals surface area contributed by atoms with Crippen LogP contribution in [-0.4, -0.2) is 85.7 Å². The lowest BCUT2D eigenvalue weighted by Gasteiger charge is -2.39. The van der Waals surface area contributed by atoms with Crippen LogP contribution in [0.25, 0.3) is 0 Å². The van der Waals surface area contributed by atoms with Gasteiger partial charge in [0.15, 0.2) is 0 Å². The van der Waals surface area contributed by atoms with E-state index in [4.69, 9.17) is 9.66 Å². The van der Waals surface area contributed by atoms with E-state index in [1.54, 1.807) is 13.8 Å². The summed E-state index contributed by atoms with van der Waals surface area (Å²) in [6, 6.07) is 0. The Morgan fingerprint density at radius 1 is 1.12 bits per heavy atom. The number of rotatable bonds is 8. The van der Waals surface area contributed by atoms with Crippen LogP contribution < -0.4 is 5.43 Å². The fourth-order valence-corrected chi connectivity index (χ4v) is 3.48. The van der Waals surface area contributed by atoms with E-state index < -0.39 is 21.0 Å². The molecule has 0 aromatic rings. The Morgan fingerprint density at radius 3 is 1.69 bits per heavy atom. The van der Waals surface area contributed by atoms with Gasteiger partial charge in [-0.1, -0.05) is 13.5 Å². The van der Waals surface area contributed by atoms with E-state index >= 15 is 0 Å². The highest BCUT2D eigenvalue weighted by atomic mass is 32.2. The number of nitrogens with zero attached hydrogens (tertiary/aromatic N) is 2. The molecule has 0 aromatic heterocycles. The number of amides is 1. The number of nitrogens with one attached hydrogen (secondary N) is 1. The summed E-state index contributed by atoms with van der Waals surface area (Å²) in [5.41, 5.74) is 3.35. The molecule has 154 valence electrons. The molecule has 1 amide bonds. The van der Waals surface area contributed by atoms with E-state index in [0.29, 0.717) is 16.6 Å². The second kappa shape index (κ2) is 9.45. The molecule has 1 unspecified atom stereocenters. The lowest BCUT2D eigenvalue weighted by Crippen LogP contribution is -2.66. The van der Waals surface area contributed by atoms with Crippen molar-refractivity contribution in [3.05, 3.63) is 12.2 Å². The SMILES string of the molecule is C=C(C)C(=O)N[N+](C)(C)CC.CCCC(C(=O)O)([N+](C)(C)C)S(=O)(=O)O. The van der Waals surface area contributed by atoms with Crippen LogP contribution in [0.4, 0.5) is 0 Å². The van der Waals surface area contributed by atoms with Gasteiger partial charge in [0.25, 0.3) is 5.91 Å². The van der Waals surface area contributed by atoms with Crippen LogP contribution in [-0.2, 0) is 19.7 Å². The maximum Gasteiger partial charge on any atom is 0.384 e. The molecule has 0 heterocycles. The zero-order chi connectivity index (χ0) is 21.6. The van der Waals surface area contributed by atoms with E-state index in [2.05, 4.69) is 12.0 Å². The standard InChI is InChI=1S/C8H16N2O.C8H17NO5S/c1-6-10(4,5)9-8(11)7(2)3;1-5-6-8(7(10)11,9(2,3)4)15(12,13)14/h2,6H2,1,3-5H3;5-6H2,1-4H3,(H-,10,11,12,13,14)/p+2. The van der Waals surface area contributed by atoms with Crippen molar-refractivity contribution in [2.24, 2.45) is 0 Å². The fraction of sp³-hybridized carbons (Fsp3) is 0.750. The van der Waals surface area contributed by atoms with E-state index in [0.717, 1.165) is 6.54 Å². The van der Waals surface area contributed by atoms with E-state index in [-0.39, 0.29) is 16.8 Å². The van der Waals surface area contributed by atoms with Gasteiger partial charge in [0, 0.05) is 12.0 Å². The molecule has 0 saturated heterocycles. The number of hydrogen-bond donors (Lipinski definition) is 3. The predicted octanol–water partition coefficient (Wildman–Crippen LogP) is 0.851. The average molecular weight is 398 g/mol. The van der Waals surface area contributed by atoms with Gasteiger partial charge in [-0.25, -0.2) is 9.39 Å². The molecule has 0 spiro atoms. The lowest BCUT2D eigenvalue weighted by atomic mass is 10.1. The number of carboxylic acid groups (broad SMARTS) is 1. The minimum atomic E-state index is -4.67. The normalized spacial score (nSPS) is 14.5. The molecular formula is C16H35N3O6S+2. The summed E-state index contributed by atoms with van der Waals surface area (Å²) in [7, 11) is 3.47. The monoisotopic (exact) mass is 397 g/mol. The Hall–Kier alpha value is -1.49. The highest BCUT2D eigenvalue weighted by Crippen LogP contribution is 2.30. The quantitative estimate of drug-likeness (QED) is 0.242. The summed E-state index contributed by atoms with van der Waals surface area (Å²) in [4.78, 5) is 20.0. The van der Waals surface area contributed by atoms with Gasteiger partial charge in [-0.3, -0.25) is 9.35 Å². The summed E-state index contributed by atoms with van der Waals surface area (Å²) in [6.45, 7) is 9.79. The van der Waals surface area contributed by atoms with Crippen molar-refractivity contribution in [1.29, 1.82) is 0 Å². The molecule has 0 saturated carbocycles.